The standard InChI is InChI=1S/C28H29NO9/c1-12(30)28(36)10-16-20(18(11-28)38-27(35)13-5-3-6-14(29)9-13)26(34)22-21(24(16)32)23(31)15-7-4-8-17(37-2)19(15)25(22)33/h4,7-8,13-14,18,32,34,36H,3,5-6,9-11,29H2,1-2H3/t13-,14+,18-,28-/m0/s1. The topological polar surface area (TPSA) is 173 Å². The highest BCUT2D eigenvalue weighted by Gasteiger charge is 2.49. The molecular formula is C28H29NO9. The number of carbonyl (C=O) groups is 4. The number of hydrogen-bond acceptors (Lipinski definition) is 10. The van der Waals surface area contributed by atoms with E-state index in [2.05, 4.69) is 0 Å². The van der Waals surface area contributed by atoms with E-state index in [9.17, 15) is 34.5 Å². The maximum atomic E-state index is 13.6. The molecule has 0 heterocycles. The van der Waals surface area contributed by atoms with Crippen LogP contribution in [-0.4, -0.2) is 57.4 Å². The number of benzene rings is 2. The molecule has 0 bridgehead atoms. The van der Waals surface area contributed by atoms with Gasteiger partial charge in [0.15, 0.2) is 11.6 Å². The monoisotopic (exact) mass is 523 g/mol. The van der Waals surface area contributed by atoms with Gasteiger partial charge in [0, 0.05) is 35.6 Å². The first kappa shape index (κ1) is 25.9. The fraction of sp³-hybridized carbons (Fsp3) is 0.429. The van der Waals surface area contributed by atoms with Gasteiger partial charge in [-0.1, -0.05) is 18.6 Å². The van der Waals surface area contributed by atoms with Gasteiger partial charge in [-0.3, -0.25) is 19.2 Å². The molecule has 0 spiro atoms. The Morgan fingerprint density at radius 1 is 1.05 bits per heavy atom. The molecule has 0 saturated heterocycles. The zero-order valence-electron chi connectivity index (χ0n) is 21.1. The Kier molecular flexibility index (Phi) is 6.27. The van der Waals surface area contributed by atoms with Gasteiger partial charge in [-0.15, -0.1) is 0 Å². The number of fused-ring (bicyclic) bond motifs is 3. The molecule has 38 heavy (non-hydrogen) atoms. The van der Waals surface area contributed by atoms with E-state index < -0.39 is 76.4 Å². The first-order chi connectivity index (χ1) is 18.0. The molecule has 10 heteroatoms. The van der Waals surface area contributed by atoms with Crippen LogP contribution in [0.4, 0.5) is 0 Å². The third-order valence-corrected chi connectivity index (χ3v) is 8.04. The summed E-state index contributed by atoms with van der Waals surface area (Å²) in [6, 6.07) is 4.25. The maximum absolute atomic E-state index is 13.6. The second kappa shape index (κ2) is 9.21. The summed E-state index contributed by atoms with van der Waals surface area (Å²) < 4.78 is 11.0. The molecule has 4 atom stereocenters. The molecule has 0 amide bonds. The van der Waals surface area contributed by atoms with Crippen molar-refractivity contribution in [1.82, 2.24) is 0 Å². The zero-order chi connectivity index (χ0) is 27.5. The van der Waals surface area contributed by atoms with Gasteiger partial charge >= 0.3 is 5.97 Å². The third-order valence-electron chi connectivity index (χ3n) is 8.04. The fourth-order valence-electron chi connectivity index (χ4n) is 5.97. The first-order valence-electron chi connectivity index (χ1n) is 12.5. The maximum Gasteiger partial charge on any atom is 0.309 e. The van der Waals surface area contributed by atoms with Crippen molar-refractivity contribution in [1.29, 1.82) is 0 Å². The molecule has 10 nitrogen and oxygen atoms in total. The summed E-state index contributed by atoms with van der Waals surface area (Å²) >= 11 is 0. The van der Waals surface area contributed by atoms with Crippen LogP contribution in [0.15, 0.2) is 18.2 Å². The van der Waals surface area contributed by atoms with Crippen molar-refractivity contribution in [3.05, 3.63) is 51.6 Å². The van der Waals surface area contributed by atoms with Gasteiger partial charge in [0.05, 0.1) is 29.7 Å². The highest BCUT2D eigenvalue weighted by Crippen LogP contribution is 2.52. The number of methoxy groups -OCH3 is 1. The summed E-state index contributed by atoms with van der Waals surface area (Å²) in [6.45, 7) is 1.16. The number of carbonyl (C=O) groups excluding carboxylic acids is 4. The van der Waals surface area contributed by atoms with Crippen molar-refractivity contribution in [3.8, 4) is 17.2 Å². The van der Waals surface area contributed by atoms with Gasteiger partial charge in [-0.2, -0.15) is 0 Å². The van der Waals surface area contributed by atoms with Crippen molar-refractivity contribution in [2.45, 2.75) is 63.2 Å². The molecule has 0 aliphatic heterocycles. The smallest absolute Gasteiger partial charge is 0.309 e. The minimum absolute atomic E-state index is 0.0224. The molecule has 1 fully saturated rings. The van der Waals surface area contributed by atoms with Crippen LogP contribution in [0.25, 0.3) is 0 Å². The number of hydrogen-bond donors (Lipinski definition) is 4. The second-order valence-electron chi connectivity index (χ2n) is 10.4. The van der Waals surface area contributed by atoms with Crippen LogP contribution < -0.4 is 10.5 Å². The van der Waals surface area contributed by atoms with E-state index in [-0.39, 0.29) is 34.0 Å². The highest BCUT2D eigenvalue weighted by molar-refractivity contribution is 6.31. The average molecular weight is 524 g/mol. The van der Waals surface area contributed by atoms with Crippen LogP contribution in [0.2, 0.25) is 0 Å². The molecule has 2 aromatic carbocycles. The van der Waals surface area contributed by atoms with Crippen molar-refractivity contribution in [2.24, 2.45) is 11.7 Å². The van der Waals surface area contributed by atoms with Gasteiger partial charge in [-0.25, -0.2) is 0 Å². The zero-order valence-corrected chi connectivity index (χ0v) is 21.1. The van der Waals surface area contributed by atoms with Gasteiger partial charge in [0.1, 0.15) is 29.0 Å². The molecule has 200 valence electrons. The second-order valence-corrected chi connectivity index (χ2v) is 10.4. The Balaban J connectivity index is 1.67. The van der Waals surface area contributed by atoms with Gasteiger partial charge in [0.2, 0.25) is 5.78 Å². The van der Waals surface area contributed by atoms with E-state index in [0.29, 0.717) is 12.8 Å². The molecule has 3 aliphatic carbocycles. The van der Waals surface area contributed by atoms with Crippen LogP contribution in [0, 0.1) is 5.92 Å². The largest absolute Gasteiger partial charge is 0.507 e. The van der Waals surface area contributed by atoms with E-state index in [1.54, 1.807) is 0 Å². The quantitative estimate of drug-likeness (QED) is 0.293. The van der Waals surface area contributed by atoms with Gasteiger partial charge in [-0.05, 0) is 32.3 Å². The molecule has 5 N–H and O–H groups in total. The number of ether oxygens (including phenoxy) is 2. The lowest BCUT2D eigenvalue weighted by molar-refractivity contribution is -0.163. The number of esters is 1. The molecule has 0 unspecified atom stereocenters. The summed E-state index contributed by atoms with van der Waals surface area (Å²) in [7, 11) is 1.34. The Morgan fingerprint density at radius 3 is 2.42 bits per heavy atom. The first-order valence-corrected chi connectivity index (χ1v) is 12.5. The number of aliphatic hydroxyl groups is 1. The molecule has 1 saturated carbocycles. The number of rotatable bonds is 4. The lowest BCUT2D eigenvalue weighted by atomic mass is 9.72. The number of Topliss-reactive ketones (excluding diaryl/α,β-unsaturated/α-hetero) is 1. The third kappa shape index (κ3) is 3.86. The number of nitrogens with two attached hydrogens (primary N) is 1. The van der Waals surface area contributed by atoms with E-state index in [1.807, 2.05) is 0 Å². The summed E-state index contributed by atoms with van der Waals surface area (Å²) in [5.74, 6) is -4.43. The number of phenols is 2. The van der Waals surface area contributed by atoms with E-state index in [4.69, 9.17) is 15.2 Å². The predicted molar refractivity (Wildman–Crippen MR) is 132 cm³/mol. The van der Waals surface area contributed by atoms with Crippen LogP contribution in [0.5, 0.6) is 17.2 Å². The Labute approximate surface area is 218 Å². The highest BCUT2D eigenvalue weighted by atomic mass is 16.5. The Morgan fingerprint density at radius 2 is 1.76 bits per heavy atom. The van der Waals surface area contributed by atoms with Crippen molar-refractivity contribution in [3.63, 3.8) is 0 Å². The predicted octanol–water partition coefficient (Wildman–Crippen LogP) is 2.25. The lowest BCUT2D eigenvalue weighted by Gasteiger charge is -2.38. The molecule has 2 aromatic rings. The SMILES string of the molecule is COc1cccc2c1C(=O)c1c(O)c3c(c(O)c1C2=O)C[C@@](O)(C(C)=O)C[C@@H]3OC(=O)[C@H]1CCC[C@@H](N)C1. The molecular weight excluding hydrogens is 494 g/mol. The lowest BCUT2D eigenvalue weighted by Crippen LogP contribution is -2.45. The molecule has 3 aliphatic rings. The van der Waals surface area contributed by atoms with Crippen molar-refractivity contribution >= 4 is 23.3 Å². The summed E-state index contributed by atoms with van der Waals surface area (Å²) in [5.41, 5.74) is 2.76. The van der Waals surface area contributed by atoms with Crippen LogP contribution >= 0.6 is 0 Å². The van der Waals surface area contributed by atoms with Crippen molar-refractivity contribution < 1.29 is 44.0 Å². The fourth-order valence-corrected chi connectivity index (χ4v) is 5.97. The van der Waals surface area contributed by atoms with Gasteiger partial charge in [0.25, 0.3) is 0 Å². The van der Waals surface area contributed by atoms with E-state index >= 15 is 0 Å². The van der Waals surface area contributed by atoms with Crippen molar-refractivity contribution in [2.75, 3.05) is 7.11 Å². The summed E-state index contributed by atoms with van der Waals surface area (Å²) in [4.78, 5) is 52.7. The molecule has 0 aromatic heterocycles. The Bertz CT molecular complexity index is 1400. The van der Waals surface area contributed by atoms with E-state index in [1.165, 1.54) is 25.3 Å². The normalized spacial score (nSPS) is 26.2. The van der Waals surface area contributed by atoms with Crippen LogP contribution in [-0.2, 0) is 20.7 Å². The summed E-state index contributed by atoms with van der Waals surface area (Å²) in [5, 5.41) is 33.9. The Hall–Kier alpha value is -3.76. The molecule has 5 rings (SSSR count). The number of ketones is 3. The number of aromatic hydroxyl groups is 2. The molecule has 0 radical (unpaired) electrons. The minimum Gasteiger partial charge on any atom is -0.507 e. The summed E-state index contributed by atoms with van der Waals surface area (Å²) in [6.07, 6.45) is 0.261. The van der Waals surface area contributed by atoms with Crippen LogP contribution in [0.3, 0.4) is 0 Å². The number of phenolic OH excluding ortho intramolecular Hbond substituents is 2. The van der Waals surface area contributed by atoms with E-state index in [0.717, 1.165) is 19.8 Å². The minimum atomic E-state index is -2.04. The van der Waals surface area contributed by atoms with Crippen LogP contribution in [0.1, 0.15) is 88.1 Å². The average Bonchev–Trinajstić information content (AvgIpc) is 2.88. The van der Waals surface area contributed by atoms with Gasteiger partial charge < -0.3 is 30.5 Å².